The molecule has 5 heteroatoms. The van der Waals surface area contributed by atoms with Gasteiger partial charge >= 0.3 is 0 Å². The number of carbonyl (C=O) groups is 1. The van der Waals surface area contributed by atoms with Gasteiger partial charge in [0, 0.05) is 30.5 Å². The highest BCUT2D eigenvalue weighted by atomic mass is 16.2. The molecular weight excluding hydrogens is 264 g/mol. The number of carbonyl (C=O) groups excluding carboxylic acids is 1. The van der Waals surface area contributed by atoms with Crippen molar-refractivity contribution >= 4 is 16.9 Å². The van der Waals surface area contributed by atoms with E-state index in [2.05, 4.69) is 15.3 Å². The number of nitrogens with one attached hydrogen (secondary N) is 1. The van der Waals surface area contributed by atoms with Crippen LogP contribution in [0.5, 0.6) is 0 Å². The summed E-state index contributed by atoms with van der Waals surface area (Å²) in [6.45, 7) is 4.75. The fourth-order valence-corrected chi connectivity index (χ4v) is 2.95. The summed E-state index contributed by atoms with van der Waals surface area (Å²) in [6.07, 6.45) is 5.36. The molecule has 2 aromatic rings. The minimum absolute atomic E-state index is 0.0944. The first-order chi connectivity index (χ1) is 10.3. The molecule has 5 nitrogen and oxygen atoms in total. The predicted molar refractivity (Wildman–Crippen MR) is 82.1 cm³/mol. The van der Waals surface area contributed by atoms with Gasteiger partial charge in [0.05, 0.1) is 11.0 Å². The van der Waals surface area contributed by atoms with Crippen LogP contribution in [0.15, 0.2) is 30.6 Å². The van der Waals surface area contributed by atoms with Crippen LogP contribution in [0.3, 0.4) is 0 Å². The lowest BCUT2D eigenvalue weighted by Gasteiger charge is -2.34. The molecule has 1 N–H and O–H groups in total. The molecule has 0 spiro atoms. The van der Waals surface area contributed by atoms with Gasteiger partial charge in [-0.05, 0) is 51.1 Å². The highest BCUT2D eigenvalue weighted by molar-refractivity contribution is 5.97. The highest BCUT2D eigenvalue weighted by Crippen LogP contribution is 2.18. The van der Waals surface area contributed by atoms with Crippen LogP contribution in [-0.4, -0.2) is 46.5 Å². The largest absolute Gasteiger partial charge is 0.336 e. The van der Waals surface area contributed by atoms with Crippen molar-refractivity contribution in [2.24, 2.45) is 0 Å². The lowest BCUT2D eigenvalue weighted by Crippen LogP contribution is -2.46. The number of benzene rings is 1. The van der Waals surface area contributed by atoms with E-state index in [1.165, 1.54) is 0 Å². The van der Waals surface area contributed by atoms with Crippen LogP contribution in [0.25, 0.3) is 11.0 Å². The van der Waals surface area contributed by atoms with Crippen LogP contribution in [-0.2, 0) is 0 Å². The van der Waals surface area contributed by atoms with Crippen molar-refractivity contribution in [3.05, 3.63) is 36.2 Å². The fourth-order valence-electron chi connectivity index (χ4n) is 2.95. The van der Waals surface area contributed by atoms with Crippen LogP contribution in [0, 0.1) is 0 Å². The zero-order valence-electron chi connectivity index (χ0n) is 12.2. The van der Waals surface area contributed by atoms with Gasteiger partial charge in [-0.2, -0.15) is 0 Å². The lowest BCUT2D eigenvalue weighted by molar-refractivity contribution is 0.0656. The smallest absolute Gasteiger partial charge is 0.254 e. The molecule has 1 fully saturated rings. The van der Waals surface area contributed by atoms with E-state index in [1.54, 1.807) is 12.4 Å². The maximum atomic E-state index is 12.8. The molecule has 0 atom stereocenters. The summed E-state index contributed by atoms with van der Waals surface area (Å²) < 4.78 is 0. The first-order valence-electron chi connectivity index (χ1n) is 7.52. The maximum absolute atomic E-state index is 12.8. The summed E-state index contributed by atoms with van der Waals surface area (Å²) in [4.78, 5) is 23.3. The Bertz CT molecular complexity index is 637. The third-order valence-electron chi connectivity index (χ3n) is 4.07. The number of rotatable bonds is 3. The third kappa shape index (κ3) is 2.88. The molecule has 0 saturated carbocycles. The van der Waals surface area contributed by atoms with E-state index in [0.717, 1.165) is 43.5 Å². The molecule has 21 heavy (non-hydrogen) atoms. The Labute approximate surface area is 124 Å². The number of hydrogen-bond donors (Lipinski definition) is 1. The van der Waals surface area contributed by atoms with Crippen LogP contribution >= 0.6 is 0 Å². The van der Waals surface area contributed by atoms with E-state index in [4.69, 9.17) is 0 Å². The fraction of sp³-hybridized carbons (Fsp3) is 0.438. The van der Waals surface area contributed by atoms with Crippen molar-refractivity contribution < 1.29 is 4.79 Å². The minimum atomic E-state index is 0.0944. The molecule has 1 amide bonds. The summed E-state index contributed by atoms with van der Waals surface area (Å²) in [5.41, 5.74) is 2.28. The van der Waals surface area contributed by atoms with Gasteiger partial charge in [-0.1, -0.05) is 0 Å². The Morgan fingerprint density at radius 1 is 1.24 bits per heavy atom. The first kappa shape index (κ1) is 13.9. The third-order valence-corrected chi connectivity index (χ3v) is 4.07. The van der Waals surface area contributed by atoms with Crippen molar-refractivity contribution in [2.75, 3.05) is 19.6 Å². The van der Waals surface area contributed by atoms with E-state index in [0.29, 0.717) is 11.6 Å². The Kier molecular flexibility index (Phi) is 4.10. The van der Waals surface area contributed by atoms with Gasteiger partial charge in [-0.3, -0.25) is 14.8 Å². The first-order valence-corrected chi connectivity index (χ1v) is 7.52. The summed E-state index contributed by atoms with van der Waals surface area (Å²) in [5, 5.41) is 3.34. The van der Waals surface area contributed by atoms with Gasteiger partial charge in [-0.25, -0.2) is 0 Å². The Hall–Kier alpha value is -2.01. The SMILES string of the molecule is CCN(C(=O)c1ccc2nccnc2c1)C1CCNCC1. The summed E-state index contributed by atoms with van der Waals surface area (Å²) in [5.74, 6) is 0.0944. The van der Waals surface area contributed by atoms with Crippen molar-refractivity contribution in [1.29, 1.82) is 0 Å². The monoisotopic (exact) mass is 284 g/mol. The van der Waals surface area contributed by atoms with Crippen molar-refractivity contribution in [1.82, 2.24) is 20.2 Å². The molecule has 110 valence electrons. The average Bonchev–Trinajstić information content (AvgIpc) is 2.56. The topological polar surface area (TPSA) is 58.1 Å². The zero-order chi connectivity index (χ0) is 14.7. The lowest BCUT2D eigenvalue weighted by atomic mass is 10.0. The van der Waals surface area contributed by atoms with Crippen LogP contribution < -0.4 is 5.32 Å². The highest BCUT2D eigenvalue weighted by Gasteiger charge is 2.25. The second kappa shape index (κ2) is 6.18. The number of nitrogens with zero attached hydrogens (tertiary/aromatic N) is 3. The van der Waals surface area contributed by atoms with Gasteiger partial charge in [-0.15, -0.1) is 0 Å². The van der Waals surface area contributed by atoms with Gasteiger partial charge in [0.25, 0.3) is 5.91 Å². The van der Waals surface area contributed by atoms with Gasteiger partial charge in [0.15, 0.2) is 0 Å². The van der Waals surface area contributed by atoms with E-state index < -0.39 is 0 Å². The van der Waals surface area contributed by atoms with Crippen molar-refractivity contribution in [3.63, 3.8) is 0 Å². The second-order valence-corrected chi connectivity index (χ2v) is 5.33. The summed E-state index contributed by atoms with van der Waals surface area (Å²) in [7, 11) is 0. The molecule has 2 heterocycles. The summed E-state index contributed by atoms with van der Waals surface area (Å²) in [6, 6.07) is 5.89. The van der Waals surface area contributed by atoms with Crippen LogP contribution in [0.1, 0.15) is 30.1 Å². The molecule has 1 aromatic carbocycles. The molecule has 0 radical (unpaired) electrons. The van der Waals surface area contributed by atoms with Gasteiger partial charge in [0.1, 0.15) is 0 Å². The van der Waals surface area contributed by atoms with Crippen LogP contribution in [0.4, 0.5) is 0 Å². The number of amides is 1. The van der Waals surface area contributed by atoms with E-state index in [-0.39, 0.29) is 5.91 Å². The molecule has 1 aliphatic rings. The second-order valence-electron chi connectivity index (χ2n) is 5.33. The van der Waals surface area contributed by atoms with Crippen LogP contribution in [0.2, 0.25) is 0 Å². The Morgan fingerprint density at radius 3 is 2.67 bits per heavy atom. The standard InChI is InChI=1S/C16H20N4O/c1-2-20(13-5-7-17-8-6-13)16(21)12-3-4-14-15(11-12)19-10-9-18-14/h3-4,9-11,13,17H,2,5-8H2,1H3. The molecule has 1 aromatic heterocycles. The number of piperidine rings is 1. The van der Waals surface area contributed by atoms with Crippen molar-refractivity contribution in [3.8, 4) is 0 Å². The molecule has 0 unspecified atom stereocenters. The molecule has 0 aliphatic carbocycles. The van der Waals surface area contributed by atoms with Gasteiger partial charge < -0.3 is 10.2 Å². The minimum Gasteiger partial charge on any atom is -0.336 e. The average molecular weight is 284 g/mol. The molecule has 1 saturated heterocycles. The normalized spacial score (nSPS) is 16.0. The quantitative estimate of drug-likeness (QED) is 0.934. The molecule has 1 aliphatic heterocycles. The maximum Gasteiger partial charge on any atom is 0.254 e. The number of aromatic nitrogens is 2. The van der Waals surface area contributed by atoms with Crippen molar-refractivity contribution in [2.45, 2.75) is 25.8 Å². The molecule has 0 bridgehead atoms. The Balaban J connectivity index is 1.86. The van der Waals surface area contributed by atoms with Gasteiger partial charge in [0.2, 0.25) is 0 Å². The van der Waals surface area contributed by atoms with E-state index >= 15 is 0 Å². The molecule has 3 rings (SSSR count). The van der Waals surface area contributed by atoms with E-state index in [9.17, 15) is 4.79 Å². The summed E-state index contributed by atoms with van der Waals surface area (Å²) >= 11 is 0. The zero-order valence-corrected chi connectivity index (χ0v) is 12.2. The van der Waals surface area contributed by atoms with E-state index in [1.807, 2.05) is 30.0 Å². The number of hydrogen-bond acceptors (Lipinski definition) is 4. The Morgan fingerprint density at radius 2 is 1.95 bits per heavy atom. The predicted octanol–water partition coefficient (Wildman–Crippen LogP) is 1.84. The molecular formula is C16H20N4O. The number of fused-ring (bicyclic) bond motifs is 1.